The Balaban J connectivity index is 1.58. The van der Waals surface area contributed by atoms with Crippen LogP contribution in [0.3, 0.4) is 0 Å². The molecule has 0 fully saturated rings. The summed E-state index contributed by atoms with van der Waals surface area (Å²) in [7, 11) is 0. The Morgan fingerprint density at radius 2 is 1.58 bits per heavy atom. The summed E-state index contributed by atoms with van der Waals surface area (Å²) in [6.07, 6.45) is 0. The number of fused-ring (bicyclic) bond motifs is 1. The minimum atomic E-state index is -0.453. The van der Waals surface area contributed by atoms with Crippen LogP contribution in [0, 0.1) is 13.8 Å². The Kier molecular flexibility index (Phi) is 5.30. The summed E-state index contributed by atoms with van der Waals surface area (Å²) < 4.78 is 11.2. The van der Waals surface area contributed by atoms with Crippen molar-refractivity contribution in [1.82, 2.24) is 0 Å². The van der Waals surface area contributed by atoms with Crippen LogP contribution in [-0.2, 0) is 9.59 Å². The Labute approximate surface area is 196 Å². The number of aryl methyl sites for hydroxylation is 2. The second kappa shape index (κ2) is 8.30. The van der Waals surface area contributed by atoms with Crippen molar-refractivity contribution in [2.75, 3.05) is 23.4 Å². The molecule has 2 amide bonds. The lowest BCUT2D eigenvalue weighted by Crippen LogP contribution is -2.32. The van der Waals surface area contributed by atoms with Crippen LogP contribution in [0.2, 0.25) is 5.02 Å². The van der Waals surface area contributed by atoms with E-state index in [4.69, 9.17) is 21.1 Å². The molecule has 2 heterocycles. The Morgan fingerprint density at radius 1 is 0.848 bits per heavy atom. The zero-order chi connectivity index (χ0) is 23.1. The molecule has 0 saturated carbocycles. The number of hydrogen-bond acceptors (Lipinski definition) is 5. The Hall–Kier alpha value is -3.77. The predicted octanol–water partition coefficient (Wildman–Crippen LogP) is 5.12. The molecule has 0 aliphatic carbocycles. The van der Waals surface area contributed by atoms with Gasteiger partial charge < -0.3 is 14.8 Å². The van der Waals surface area contributed by atoms with Crippen LogP contribution < -0.4 is 19.7 Å². The van der Waals surface area contributed by atoms with E-state index in [0.29, 0.717) is 52.2 Å². The Bertz CT molecular complexity index is 1310. The first kappa shape index (κ1) is 21.1. The lowest BCUT2D eigenvalue weighted by atomic mass is 10.0. The van der Waals surface area contributed by atoms with Gasteiger partial charge in [-0.25, -0.2) is 4.90 Å². The van der Waals surface area contributed by atoms with Gasteiger partial charge in [0.2, 0.25) is 0 Å². The highest BCUT2D eigenvalue weighted by Crippen LogP contribution is 2.37. The molecule has 166 valence electrons. The molecule has 0 aromatic heterocycles. The minimum Gasteiger partial charge on any atom is -0.486 e. The van der Waals surface area contributed by atoms with Crippen LogP contribution in [-0.4, -0.2) is 25.0 Å². The van der Waals surface area contributed by atoms with Crippen LogP contribution in [0.15, 0.2) is 66.4 Å². The van der Waals surface area contributed by atoms with Gasteiger partial charge in [-0.05, 0) is 49.2 Å². The normalized spacial score (nSPS) is 15.3. The van der Waals surface area contributed by atoms with Gasteiger partial charge in [0.1, 0.15) is 18.9 Å². The number of imide groups is 1. The number of amides is 2. The lowest BCUT2D eigenvalue weighted by Gasteiger charge is -2.19. The first-order chi connectivity index (χ1) is 15.9. The van der Waals surface area contributed by atoms with Crippen molar-refractivity contribution in [3.8, 4) is 11.5 Å². The van der Waals surface area contributed by atoms with E-state index in [0.717, 1.165) is 16.0 Å². The van der Waals surface area contributed by atoms with Gasteiger partial charge in [0.15, 0.2) is 11.5 Å². The second-order valence-electron chi connectivity index (χ2n) is 7.98. The molecule has 2 aliphatic heterocycles. The summed E-state index contributed by atoms with van der Waals surface area (Å²) in [4.78, 5) is 28.2. The molecule has 33 heavy (non-hydrogen) atoms. The highest BCUT2D eigenvalue weighted by Gasteiger charge is 2.40. The molecule has 3 aromatic carbocycles. The summed E-state index contributed by atoms with van der Waals surface area (Å²) in [6.45, 7) is 4.77. The maximum atomic E-state index is 13.6. The molecule has 2 aliphatic rings. The highest BCUT2D eigenvalue weighted by molar-refractivity contribution is 6.46. The summed E-state index contributed by atoms with van der Waals surface area (Å²) in [5.41, 5.74) is 4.09. The number of benzene rings is 3. The van der Waals surface area contributed by atoms with Gasteiger partial charge in [0.05, 0.1) is 11.3 Å². The molecular formula is C26H21ClN2O4. The van der Waals surface area contributed by atoms with Crippen molar-refractivity contribution >= 4 is 40.4 Å². The monoisotopic (exact) mass is 460 g/mol. The average molecular weight is 461 g/mol. The third-order valence-corrected chi connectivity index (χ3v) is 6.06. The highest BCUT2D eigenvalue weighted by atomic mass is 35.5. The number of halogens is 1. The molecule has 0 bridgehead atoms. The number of ether oxygens (including phenoxy) is 2. The first-order valence-electron chi connectivity index (χ1n) is 10.6. The first-order valence-corrected chi connectivity index (χ1v) is 10.9. The largest absolute Gasteiger partial charge is 0.486 e. The quantitative estimate of drug-likeness (QED) is 0.547. The molecule has 7 heteroatoms. The molecular weight excluding hydrogens is 440 g/mol. The molecule has 6 nitrogen and oxygen atoms in total. The average Bonchev–Trinajstić information content (AvgIpc) is 3.05. The number of rotatable bonds is 4. The van der Waals surface area contributed by atoms with Crippen molar-refractivity contribution in [2.24, 2.45) is 0 Å². The molecule has 1 N–H and O–H groups in total. The van der Waals surface area contributed by atoms with Crippen LogP contribution in [0.25, 0.3) is 5.57 Å². The van der Waals surface area contributed by atoms with E-state index < -0.39 is 11.8 Å². The van der Waals surface area contributed by atoms with Gasteiger partial charge in [-0.15, -0.1) is 0 Å². The zero-order valence-corrected chi connectivity index (χ0v) is 18.9. The van der Waals surface area contributed by atoms with E-state index in [2.05, 4.69) is 5.32 Å². The van der Waals surface area contributed by atoms with Gasteiger partial charge in [-0.1, -0.05) is 47.5 Å². The smallest absolute Gasteiger partial charge is 0.282 e. The maximum Gasteiger partial charge on any atom is 0.282 e. The van der Waals surface area contributed by atoms with Gasteiger partial charge in [0, 0.05) is 16.8 Å². The molecule has 0 unspecified atom stereocenters. The number of carbonyl (C=O) groups is 2. The summed E-state index contributed by atoms with van der Waals surface area (Å²) in [5, 5.41) is 3.64. The standard InChI is InChI=1S/C26H21ClN2O4/c1-15-3-6-17(7-4-15)23-24(28-18-8-10-21-22(13-18)33-12-11-32-21)26(31)29(25(23)30)19-9-5-16(2)20(27)14-19/h3-10,13-14,28H,11-12H2,1-2H3. The van der Waals surface area contributed by atoms with E-state index in [-0.39, 0.29) is 5.70 Å². The minimum absolute atomic E-state index is 0.192. The molecule has 0 atom stereocenters. The number of hydrogen-bond donors (Lipinski definition) is 1. The van der Waals surface area contributed by atoms with E-state index in [1.807, 2.05) is 38.1 Å². The van der Waals surface area contributed by atoms with E-state index in [1.54, 1.807) is 36.4 Å². The van der Waals surface area contributed by atoms with Crippen molar-refractivity contribution in [1.29, 1.82) is 0 Å². The van der Waals surface area contributed by atoms with Crippen molar-refractivity contribution in [3.05, 3.63) is 88.1 Å². The van der Waals surface area contributed by atoms with Crippen LogP contribution in [0.4, 0.5) is 11.4 Å². The molecule has 0 saturated heterocycles. The van der Waals surface area contributed by atoms with Gasteiger partial charge >= 0.3 is 0 Å². The predicted molar refractivity (Wildman–Crippen MR) is 128 cm³/mol. The van der Waals surface area contributed by atoms with Crippen molar-refractivity contribution < 1.29 is 19.1 Å². The third kappa shape index (κ3) is 3.83. The molecule has 5 rings (SSSR count). The summed E-state index contributed by atoms with van der Waals surface area (Å²) in [5.74, 6) is 0.362. The topological polar surface area (TPSA) is 67.9 Å². The molecule has 3 aromatic rings. The van der Waals surface area contributed by atoms with E-state index >= 15 is 0 Å². The fourth-order valence-corrected chi connectivity index (χ4v) is 4.03. The van der Waals surface area contributed by atoms with Crippen LogP contribution in [0.5, 0.6) is 11.5 Å². The number of nitrogens with one attached hydrogen (secondary N) is 1. The number of anilines is 2. The summed E-state index contributed by atoms with van der Waals surface area (Å²) >= 11 is 6.29. The number of carbonyl (C=O) groups excluding carboxylic acids is 2. The van der Waals surface area contributed by atoms with Gasteiger partial charge in [-0.3, -0.25) is 9.59 Å². The summed E-state index contributed by atoms with van der Waals surface area (Å²) in [6, 6.07) is 18.0. The molecule has 0 radical (unpaired) electrons. The Morgan fingerprint density at radius 3 is 2.30 bits per heavy atom. The van der Waals surface area contributed by atoms with Crippen LogP contribution in [0.1, 0.15) is 16.7 Å². The fourth-order valence-electron chi connectivity index (χ4n) is 3.85. The van der Waals surface area contributed by atoms with Crippen molar-refractivity contribution in [2.45, 2.75) is 13.8 Å². The SMILES string of the molecule is Cc1ccc(C2=C(Nc3ccc4c(c3)OCCO4)C(=O)N(c3ccc(C)c(Cl)c3)C2=O)cc1. The molecule has 0 spiro atoms. The van der Waals surface area contributed by atoms with Gasteiger partial charge in [0.25, 0.3) is 11.8 Å². The van der Waals surface area contributed by atoms with Crippen LogP contribution >= 0.6 is 11.6 Å². The number of nitrogens with zero attached hydrogens (tertiary/aromatic N) is 1. The zero-order valence-electron chi connectivity index (χ0n) is 18.1. The van der Waals surface area contributed by atoms with E-state index in [9.17, 15) is 9.59 Å². The third-order valence-electron chi connectivity index (χ3n) is 5.65. The second-order valence-corrected chi connectivity index (χ2v) is 8.39. The maximum absolute atomic E-state index is 13.6. The van der Waals surface area contributed by atoms with E-state index in [1.165, 1.54) is 0 Å². The lowest BCUT2D eigenvalue weighted by molar-refractivity contribution is -0.120. The van der Waals surface area contributed by atoms with Crippen molar-refractivity contribution in [3.63, 3.8) is 0 Å². The van der Waals surface area contributed by atoms with Gasteiger partial charge in [-0.2, -0.15) is 0 Å². The fraction of sp³-hybridized carbons (Fsp3) is 0.154.